The van der Waals surface area contributed by atoms with Crippen LogP contribution in [0.1, 0.15) is 56.2 Å². The molecular weight excluding hydrogens is 466 g/mol. The Bertz CT molecular complexity index is 1350. The van der Waals surface area contributed by atoms with Crippen molar-refractivity contribution in [3.63, 3.8) is 0 Å². The molecule has 11 nitrogen and oxygen atoms in total. The van der Waals surface area contributed by atoms with Crippen LogP contribution in [-0.4, -0.2) is 28.4 Å². The third kappa shape index (κ3) is 5.46. The lowest BCUT2D eigenvalue weighted by atomic mass is 9.93. The molecule has 1 heterocycles. The van der Waals surface area contributed by atoms with E-state index < -0.39 is 16.7 Å². The van der Waals surface area contributed by atoms with Crippen molar-refractivity contribution in [2.45, 2.75) is 32.6 Å². The van der Waals surface area contributed by atoms with Crippen LogP contribution in [-0.2, 0) is 17.6 Å². The number of hydrazine groups is 1. The molecule has 3 aromatic rings. The molecule has 36 heavy (non-hydrogen) atoms. The minimum atomic E-state index is -0.604. The van der Waals surface area contributed by atoms with Crippen molar-refractivity contribution in [3.8, 4) is 0 Å². The topological polar surface area (TPSA) is 156 Å². The zero-order valence-corrected chi connectivity index (χ0v) is 19.4. The number of benzene rings is 2. The van der Waals surface area contributed by atoms with Crippen LogP contribution in [0.2, 0.25) is 0 Å². The van der Waals surface area contributed by atoms with E-state index in [2.05, 4.69) is 21.4 Å². The molecule has 0 unspecified atom stereocenters. The summed E-state index contributed by atoms with van der Waals surface area (Å²) in [7, 11) is 0. The maximum absolute atomic E-state index is 12.7. The summed E-state index contributed by atoms with van der Waals surface area (Å²) in [5, 5.41) is 15.0. The Labute approximate surface area is 205 Å². The second-order valence-electron chi connectivity index (χ2n) is 8.18. The number of carbonyl (C=O) groups is 3. The van der Waals surface area contributed by atoms with Crippen LogP contribution in [0.4, 0.5) is 5.69 Å². The number of nitro benzene ring substituents is 1. The fourth-order valence-corrected chi connectivity index (χ4v) is 3.92. The van der Waals surface area contributed by atoms with E-state index in [1.165, 1.54) is 24.3 Å². The highest BCUT2D eigenvalue weighted by Crippen LogP contribution is 2.29. The van der Waals surface area contributed by atoms with Gasteiger partial charge in [0.2, 0.25) is 5.91 Å². The lowest BCUT2D eigenvalue weighted by Crippen LogP contribution is -2.41. The Kier molecular flexibility index (Phi) is 7.19. The number of aryl methyl sites for hydroxylation is 1. The molecule has 0 bridgehead atoms. The highest BCUT2D eigenvalue weighted by molar-refractivity contribution is 6.07. The zero-order chi connectivity index (χ0) is 25.7. The fourth-order valence-electron chi connectivity index (χ4n) is 3.92. The van der Waals surface area contributed by atoms with E-state index in [-0.39, 0.29) is 23.8 Å². The van der Waals surface area contributed by atoms with Crippen molar-refractivity contribution >= 4 is 29.1 Å². The van der Waals surface area contributed by atoms with E-state index in [0.717, 1.165) is 6.42 Å². The number of nitrogens with one attached hydrogen (secondary N) is 3. The van der Waals surface area contributed by atoms with Crippen LogP contribution < -0.4 is 16.3 Å². The van der Waals surface area contributed by atoms with Gasteiger partial charge < -0.3 is 4.42 Å². The van der Waals surface area contributed by atoms with Gasteiger partial charge in [-0.2, -0.15) is 5.10 Å². The number of furan rings is 1. The molecule has 0 fully saturated rings. The highest BCUT2D eigenvalue weighted by atomic mass is 16.6. The summed E-state index contributed by atoms with van der Waals surface area (Å²) in [6, 6.07) is 14.2. The van der Waals surface area contributed by atoms with Gasteiger partial charge in [0.05, 0.1) is 17.1 Å². The molecule has 0 radical (unpaired) electrons. The Balaban J connectivity index is 1.42. The standard InChI is InChI=1S/C25H23N5O6/c1-15-22-19(26-27-21(31)14-16-10-12-18(13-11-16)30(34)35)8-5-9-20(22)36-23(15)25(33)29-28-24(32)17-6-3-2-4-7-17/h2-4,6-7,10-13H,5,8-9,14H2,1H3,(H,27,31)(H,28,32)(H,29,33)/b26-19+. The summed E-state index contributed by atoms with van der Waals surface area (Å²) < 4.78 is 5.79. The van der Waals surface area contributed by atoms with Gasteiger partial charge in [0.25, 0.3) is 11.6 Å². The first-order chi connectivity index (χ1) is 17.3. The molecule has 0 saturated heterocycles. The summed E-state index contributed by atoms with van der Waals surface area (Å²) in [5.41, 5.74) is 10.0. The van der Waals surface area contributed by atoms with E-state index in [9.17, 15) is 24.5 Å². The SMILES string of the molecule is Cc1c(C(=O)NNC(=O)c2ccccc2)oc2c1/C(=N/NC(=O)Cc1ccc([N+](=O)[O-])cc1)CCC2. The number of rotatable bonds is 6. The molecule has 3 N–H and O–H groups in total. The van der Waals surface area contributed by atoms with Gasteiger partial charge in [-0.05, 0) is 37.5 Å². The lowest BCUT2D eigenvalue weighted by Gasteiger charge is -2.13. The molecule has 11 heteroatoms. The Morgan fingerprint density at radius 1 is 1.00 bits per heavy atom. The van der Waals surface area contributed by atoms with Crippen molar-refractivity contribution in [3.05, 3.63) is 98.5 Å². The maximum Gasteiger partial charge on any atom is 0.305 e. The summed E-state index contributed by atoms with van der Waals surface area (Å²) in [6.07, 6.45) is 1.91. The third-order valence-electron chi connectivity index (χ3n) is 5.68. The van der Waals surface area contributed by atoms with Crippen molar-refractivity contribution in [1.82, 2.24) is 16.3 Å². The van der Waals surface area contributed by atoms with Crippen molar-refractivity contribution in [2.24, 2.45) is 5.10 Å². The number of amides is 3. The van der Waals surface area contributed by atoms with Crippen LogP contribution in [0.3, 0.4) is 0 Å². The molecule has 4 rings (SSSR count). The quantitative estimate of drug-likeness (QED) is 0.357. The number of non-ortho nitro benzene ring substituents is 1. The van der Waals surface area contributed by atoms with Crippen LogP contribution in [0.5, 0.6) is 0 Å². The number of hydrazone groups is 1. The molecule has 1 aliphatic rings. The predicted molar refractivity (Wildman–Crippen MR) is 129 cm³/mol. The average Bonchev–Trinajstić information content (AvgIpc) is 3.23. The monoisotopic (exact) mass is 489 g/mol. The van der Waals surface area contributed by atoms with Gasteiger partial charge >= 0.3 is 5.91 Å². The molecular formula is C25H23N5O6. The van der Waals surface area contributed by atoms with Crippen LogP contribution >= 0.6 is 0 Å². The largest absolute Gasteiger partial charge is 0.455 e. The average molecular weight is 489 g/mol. The highest BCUT2D eigenvalue weighted by Gasteiger charge is 2.28. The maximum atomic E-state index is 12.7. The predicted octanol–water partition coefficient (Wildman–Crippen LogP) is 2.97. The van der Waals surface area contributed by atoms with Gasteiger partial charge in [-0.25, -0.2) is 5.43 Å². The number of carbonyl (C=O) groups excluding carboxylic acids is 3. The second-order valence-corrected chi connectivity index (χ2v) is 8.18. The Hall–Kier alpha value is -4.80. The summed E-state index contributed by atoms with van der Waals surface area (Å²) in [4.78, 5) is 47.5. The summed E-state index contributed by atoms with van der Waals surface area (Å²) in [6.45, 7) is 1.72. The molecule has 0 aliphatic heterocycles. The van der Waals surface area contributed by atoms with Crippen molar-refractivity contribution in [1.29, 1.82) is 0 Å². The molecule has 1 aromatic heterocycles. The van der Waals surface area contributed by atoms with Gasteiger partial charge in [0.15, 0.2) is 5.76 Å². The molecule has 0 atom stereocenters. The number of fused-ring (bicyclic) bond motifs is 1. The van der Waals surface area contributed by atoms with Crippen LogP contribution in [0, 0.1) is 17.0 Å². The minimum Gasteiger partial charge on any atom is -0.455 e. The summed E-state index contributed by atoms with van der Waals surface area (Å²) >= 11 is 0. The Morgan fingerprint density at radius 2 is 1.69 bits per heavy atom. The van der Waals surface area contributed by atoms with E-state index in [1.807, 2.05) is 0 Å². The van der Waals surface area contributed by atoms with Gasteiger partial charge in [-0.15, -0.1) is 0 Å². The fraction of sp³-hybridized carbons (Fsp3) is 0.200. The first kappa shape index (κ1) is 24.3. The van der Waals surface area contributed by atoms with Crippen molar-refractivity contribution in [2.75, 3.05) is 0 Å². The molecule has 0 spiro atoms. The molecule has 184 valence electrons. The van der Waals surface area contributed by atoms with E-state index in [1.54, 1.807) is 37.3 Å². The number of hydrogen-bond donors (Lipinski definition) is 3. The third-order valence-corrected chi connectivity index (χ3v) is 5.68. The Morgan fingerprint density at radius 3 is 2.39 bits per heavy atom. The second kappa shape index (κ2) is 10.6. The smallest absolute Gasteiger partial charge is 0.305 e. The van der Waals surface area contributed by atoms with Crippen LogP contribution in [0.25, 0.3) is 0 Å². The first-order valence-corrected chi connectivity index (χ1v) is 11.2. The number of nitro groups is 1. The number of nitrogens with zero attached hydrogens (tertiary/aromatic N) is 2. The first-order valence-electron chi connectivity index (χ1n) is 11.2. The van der Waals surface area contributed by atoms with Gasteiger partial charge in [-0.3, -0.25) is 35.3 Å². The lowest BCUT2D eigenvalue weighted by molar-refractivity contribution is -0.384. The van der Waals surface area contributed by atoms with Gasteiger partial charge in [0, 0.05) is 35.2 Å². The van der Waals surface area contributed by atoms with Gasteiger partial charge in [-0.1, -0.05) is 30.3 Å². The minimum absolute atomic E-state index is 0.000763. The van der Waals surface area contributed by atoms with E-state index in [4.69, 9.17) is 4.42 Å². The van der Waals surface area contributed by atoms with Crippen molar-refractivity contribution < 1.29 is 23.7 Å². The zero-order valence-electron chi connectivity index (χ0n) is 19.4. The van der Waals surface area contributed by atoms with E-state index in [0.29, 0.717) is 46.6 Å². The molecule has 2 aromatic carbocycles. The summed E-state index contributed by atoms with van der Waals surface area (Å²) in [5.74, 6) is -0.809. The molecule has 3 amide bonds. The molecule has 1 aliphatic carbocycles. The number of hydrogen-bond acceptors (Lipinski definition) is 7. The normalized spacial score (nSPS) is 13.5. The van der Waals surface area contributed by atoms with E-state index >= 15 is 0 Å². The van der Waals surface area contributed by atoms with Crippen LogP contribution in [0.15, 0.2) is 64.1 Å². The molecule has 0 saturated carbocycles. The van der Waals surface area contributed by atoms with Gasteiger partial charge in [0.1, 0.15) is 5.76 Å².